The summed E-state index contributed by atoms with van der Waals surface area (Å²) in [6.45, 7) is 0.720. The monoisotopic (exact) mass is 269 g/mol. The number of carboxylic acids is 1. The van der Waals surface area contributed by atoms with Crippen LogP contribution in [0, 0.1) is 5.82 Å². The van der Waals surface area contributed by atoms with Gasteiger partial charge in [-0.3, -0.25) is 0 Å². The van der Waals surface area contributed by atoms with Crippen LogP contribution in [0.25, 0.3) is 0 Å². The van der Waals surface area contributed by atoms with Crippen molar-refractivity contribution in [2.24, 2.45) is 0 Å². The molecule has 0 atom stereocenters. The predicted octanol–water partition coefficient (Wildman–Crippen LogP) is 3.22. The summed E-state index contributed by atoms with van der Waals surface area (Å²) in [7, 11) is 0. The fraction of sp³-hybridized carbons (Fsp3) is 0.462. The van der Waals surface area contributed by atoms with Gasteiger partial charge in [-0.05, 0) is 37.3 Å². The van der Waals surface area contributed by atoms with E-state index < -0.39 is 11.8 Å². The summed E-state index contributed by atoms with van der Waals surface area (Å²) < 4.78 is 13.9. The van der Waals surface area contributed by atoms with Crippen LogP contribution >= 0.6 is 11.8 Å². The molecular formula is C13H16FNO2S. The van der Waals surface area contributed by atoms with Crippen LogP contribution in [0.4, 0.5) is 10.1 Å². The van der Waals surface area contributed by atoms with Crippen LogP contribution in [0.1, 0.15) is 29.6 Å². The van der Waals surface area contributed by atoms with Gasteiger partial charge in [-0.25, -0.2) is 9.18 Å². The highest BCUT2D eigenvalue weighted by Crippen LogP contribution is 2.42. The third kappa shape index (κ3) is 2.61. The van der Waals surface area contributed by atoms with Crippen LogP contribution in [0.5, 0.6) is 0 Å². The van der Waals surface area contributed by atoms with Crippen molar-refractivity contribution in [1.29, 1.82) is 0 Å². The van der Waals surface area contributed by atoms with Crippen molar-refractivity contribution in [1.82, 2.24) is 0 Å². The number of hydrogen-bond donors (Lipinski definition) is 2. The summed E-state index contributed by atoms with van der Waals surface area (Å²) in [6.07, 6.45) is 5.60. The van der Waals surface area contributed by atoms with E-state index in [0.29, 0.717) is 5.69 Å². The molecule has 0 bridgehead atoms. The molecule has 1 aliphatic carbocycles. The molecule has 18 heavy (non-hydrogen) atoms. The highest BCUT2D eigenvalue weighted by atomic mass is 32.2. The molecule has 1 aliphatic rings. The van der Waals surface area contributed by atoms with E-state index in [4.69, 9.17) is 5.11 Å². The molecule has 1 aromatic rings. The molecule has 0 spiro atoms. The molecule has 0 heterocycles. The maximum Gasteiger partial charge on any atom is 0.335 e. The van der Waals surface area contributed by atoms with Crippen LogP contribution < -0.4 is 5.32 Å². The fourth-order valence-electron chi connectivity index (χ4n) is 2.07. The van der Waals surface area contributed by atoms with E-state index in [2.05, 4.69) is 11.6 Å². The highest BCUT2D eigenvalue weighted by molar-refractivity contribution is 8.00. The summed E-state index contributed by atoms with van der Waals surface area (Å²) in [6, 6.07) is 3.96. The molecule has 1 aromatic carbocycles. The molecule has 1 saturated carbocycles. The molecule has 0 aliphatic heterocycles. The number of halogens is 1. The Hall–Kier alpha value is -1.23. The van der Waals surface area contributed by atoms with Crippen LogP contribution in [-0.4, -0.2) is 28.6 Å². The number of carboxylic acid groups (broad SMARTS) is 1. The number of anilines is 1. The van der Waals surface area contributed by atoms with E-state index in [1.54, 1.807) is 0 Å². The molecular weight excluding hydrogens is 253 g/mol. The number of nitrogens with one attached hydrogen (secondary N) is 1. The molecule has 2 rings (SSSR count). The van der Waals surface area contributed by atoms with E-state index in [0.717, 1.165) is 25.5 Å². The summed E-state index contributed by atoms with van der Waals surface area (Å²) in [5, 5.41) is 11.8. The molecule has 2 N–H and O–H groups in total. The summed E-state index contributed by atoms with van der Waals surface area (Å²) in [5.74, 6) is -1.62. The minimum absolute atomic E-state index is 0.0266. The maximum atomic E-state index is 13.7. The van der Waals surface area contributed by atoms with Crippen molar-refractivity contribution in [3.63, 3.8) is 0 Å². The second kappa shape index (κ2) is 5.18. The molecule has 1 fully saturated rings. The Balaban J connectivity index is 2.03. The number of hydrogen-bond acceptors (Lipinski definition) is 3. The normalized spacial score (nSPS) is 17.0. The molecule has 0 radical (unpaired) electrons. The van der Waals surface area contributed by atoms with Gasteiger partial charge in [-0.1, -0.05) is 6.42 Å². The van der Waals surface area contributed by atoms with Crippen molar-refractivity contribution in [2.75, 3.05) is 18.1 Å². The molecule has 3 nitrogen and oxygen atoms in total. The minimum atomic E-state index is -1.11. The van der Waals surface area contributed by atoms with Gasteiger partial charge in [0, 0.05) is 11.3 Å². The lowest BCUT2D eigenvalue weighted by molar-refractivity contribution is 0.0696. The zero-order valence-corrected chi connectivity index (χ0v) is 11.0. The molecule has 5 heteroatoms. The molecule has 0 aromatic heterocycles. The number of benzene rings is 1. The summed E-state index contributed by atoms with van der Waals surface area (Å²) in [5.41, 5.74) is 0.349. The van der Waals surface area contributed by atoms with Gasteiger partial charge in [-0.2, -0.15) is 11.8 Å². The average Bonchev–Trinajstić information content (AvgIpc) is 2.29. The zero-order chi connectivity index (χ0) is 13.2. The molecule has 0 saturated heterocycles. The first-order valence-corrected chi connectivity index (χ1v) is 7.11. The van der Waals surface area contributed by atoms with E-state index in [9.17, 15) is 9.18 Å². The van der Waals surface area contributed by atoms with Crippen LogP contribution in [0.2, 0.25) is 0 Å². The van der Waals surface area contributed by atoms with Gasteiger partial charge in [0.1, 0.15) is 5.82 Å². The van der Waals surface area contributed by atoms with Gasteiger partial charge in [0.15, 0.2) is 0 Å². The lowest BCUT2D eigenvalue weighted by Gasteiger charge is -2.40. The van der Waals surface area contributed by atoms with E-state index in [1.807, 2.05) is 11.8 Å². The Morgan fingerprint density at radius 3 is 2.72 bits per heavy atom. The largest absolute Gasteiger partial charge is 0.478 e. The van der Waals surface area contributed by atoms with Gasteiger partial charge in [0.05, 0.1) is 11.3 Å². The van der Waals surface area contributed by atoms with Crippen LogP contribution in [-0.2, 0) is 0 Å². The zero-order valence-electron chi connectivity index (χ0n) is 10.2. The van der Waals surface area contributed by atoms with Gasteiger partial charge in [0.25, 0.3) is 0 Å². The van der Waals surface area contributed by atoms with E-state index >= 15 is 0 Å². The summed E-state index contributed by atoms with van der Waals surface area (Å²) >= 11 is 1.81. The Labute approximate surface area is 110 Å². The molecule has 0 unspecified atom stereocenters. The van der Waals surface area contributed by atoms with Gasteiger partial charge in [0.2, 0.25) is 0 Å². The second-order valence-corrected chi connectivity index (χ2v) is 5.87. The molecule has 98 valence electrons. The predicted molar refractivity (Wildman–Crippen MR) is 71.9 cm³/mol. The SMILES string of the molecule is CSC1(CNc2ccc(C(=O)O)cc2F)CCC1. The maximum absolute atomic E-state index is 13.7. The average molecular weight is 269 g/mol. The Kier molecular flexibility index (Phi) is 3.80. The standard InChI is InChI=1S/C13H16FNO2S/c1-18-13(5-2-6-13)8-15-11-4-3-9(12(16)17)7-10(11)14/h3-4,7,15H,2,5-6,8H2,1H3,(H,16,17). The Morgan fingerprint density at radius 2 is 2.28 bits per heavy atom. The number of carbonyl (C=O) groups is 1. The third-order valence-corrected chi connectivity index (χ3v) is 4.93. The third-order valence-electron chi connectivity index (χ3n) is 3.51. The van der Waals surface area contributed by atoms with Crippen molar-refractivity contribution in [3.05, 3.63) is 29.6 Å². The van der Waals surface area contributed by atoms with Crippen molar-refractivity contribution < 1.29 is 14.3 Å². The minimum Gasteiger partial charge on any atom is -0.478 e. The lowest BCUT2D eigenvalue weighted by atomic mass is 9.84. The van der Waals surface area contributed by atoms with Crippen molar-refractivity contribution >= 4 is 23.4 Å². The van der Waals surface area contributed by atoms with Gasteiger partial charge < -0.3 is 10.4 Å². The first-order valence-electron chi connectivity index (χ1n) is 5.88. The fourth-order valence-corrected chi connectivity index (χ4v) is 2.99. The smallest absolute Gasteiger partial charge is 0.335 e. The highest BCUT2D eigenvalue weighted by Gasteiger charge is 2.35. The van der Waals surface area contributed by atoms with E-state index in [-0.39, 0.29) is 10.3 Å². The quantitative estimate of drug-likeness (QED) is 0.861. The number of thioether (sulfide) groups is 1. The Morgan fingerprint density at radius 1 is 1.56 bits per heavy atom. The Bertz CT molecular complexity index is 455. The number of rotatable bonds is 5. The summed E-state index contributed by atoms with van der Waals surface area (Å²) in [4.78, 5) is 10.7. The van der Waals surface area contributed by atoms with Gasteiger partial charge >= 0.3 is 5.97 Å². The van der Waals surface area contributed by atoms with Crippen molar-refractivity contribution in [2.45, 2.75) is 24.0 Å². The number of aromatic carboxylic acids is 1. The van der Waals surface area contributed by atoms with E-state index in [1.165, 1.54) is 18.6 Å². The van der Waals surface area contributed by atoms with Crippen LogP contribution in [0.15, 0.2) is 18.2 Å². The topological polar surface area (TPSA) is 49.3 Å². The first kappa shape index (κ1) is 13.2. The van der Waals surface area contributed by atoms with Crippen molar-refractivity contribution in [3.8, 4) is 0 Å². The van der Waals surface area contributed by atoms with Gasteiger partial charge in [-0.15, -0.1) is 0 Å². The molecule has 0 amide bonds. The second-order valence-electron chi connectivity index (χ2n) is 4.59. The first-order chi connectivity index (χ1) is 8.56. The lowest BCUT2D eigenvalue weighted by Crippen LogP contribution is -2.40. The van der Waals surface area contributed by atoms with Crippen LogP contribution in [0.3, 0.4) is 0 Å².